The van der Waals surface area contributed by atoms with Crippen molar-refractivity contribution in [2.45, 2.75) is 13.0 Å². The topological polar surface area (TPSA) is 44.8 Å². The first kappa shape index (κ1) is 19.5. The number of nitrogens with zero attached hydrogens (tertiary/aromatic N) is 2. The second-order valence-corrected chi connectivity index (χ2v) is 7.08. The summed E-state index contributed by atoms with van der Waals surface area (Å²) in [7, 11) is 1.64. The first-order valence-electron chi connectivity index (χ1n) is 9.27. The van der Waals surface area contributed by atoms with Crippen LogP contribution in [0, 0.1) is 0 Å². The third-order valence-corrected chi connectivity index (χ3v) is 5.10. The van der Waals surface area contributed by atoms with Crippen LogP contribution in [0.5, 0.6) is 5.75 Å². The van der Waals surface area contributed by atoms with E-state index in [0.717, 1.165) is 54.7 Å². The Morgan fingerprint density at radius 3 is 2.63 bits per heavy atom. The lowest BCUT2D eigenvalue weighted by Crippen LogP contribution is -2.47. The predicted molar refractivity (Wildman–Crippen MR) is 110 cm³/mol. The third kappa shape index (κ3) is 5.62. The molecule has 1 fully saturated rings. The summed E-state index contributed by atoms with van der Waals surface area (Å²) in [5.74, 6) is 0.869. The molecule has 1 saturated heterocycles. The van der Waals surface area contributed by atoms with Crippen LogP contribution in [0.3, 0.4) is 0 Å². The zero-order chi connectivity index (χ0) is 19.1. The second kappa shape index (κ2) is 9.62. The standard InChI is InChI=1S/C21H26ClN3O2/c1-27-20-8-3-2-5-17(20)16-23-21(26)9-10-24-11-13-25(14-12-24)19-7-4-6-18(22)15-19/h2-8,15H,9-14,16H2,1H3,(H,23,26). The summed E-state index contributed by atoms with van der Waals surface area (Å²) in [5.41, 5.74) is 2.15. The second-order valence-electron chi connectivity index (χ2n) is 6.65. The van der Waals surface area contributed by atoms with Gasteiger partial charge in [0.1, 0.15) is 5.75 Å². The van der Waals surface area contributed by atoms with Crippen molar-refractivity contribution < 1.29 is 9.53 Å². The number of nitrogens with one attached hydrogen (secondary N) is 1. The van der Waals surface area contributed by atoms with Crippen molar-refractivity contribution in [1.29, 1.82) is 0 Å². The van der Waals surface area contributed by atoms with Gasteiger partial charge in [-0.05, 0) is 24.3 Å². The van der Waals surface area contributed by atoms with Crippen LogP contribution in [0.1, 0.15) is 12.0 Å². The van der Waals surface area contributed by atoms with Gasteiger partial charge in [-0.15, -0.1) is 0 Å². The zero-order valence-electron chi connectivity index (χ0n) is 15.7. The maximum absolute atomic E-state index is 12.2. The summed E-state index contributed by atoms with van der Waals surface area (Å²) in [6.45, 7) is 5.07. The molecule has 0 aliphatic carbocycles. The Morgan fingerprint density at radius 2 is 1.89 bits per heavy atom. The van der Waals surface area contributed by atoms with E-state index in [2.05, 4.69) is 21.2 Å². The van der Waals surface area contributed by atoms with E-state index in [4.69, 9.17) is 16.3 Å². The van der Waals surface area contributed by atoms with E-state index in [1.165, 1.54) is 0 Å². The lowest BCUT2D eigenvalue weighted by atomic mass is 10.2. The fraction of sp³-hybridized carbons (Fsp3) is 0.381. The first-order valence-corrected chi connectivity index (χ1v) is 9.65. The van der Waals surface area contributed by atoms with Crippen LogP contribution >= 0.6 is 11.6 Å². The molecule has 0 saturated carbocycles. The molecule has 2 aromatic rings. The number of halogens is 1. The lowest BCUT2D eigenvalue weighted by Gasteiger charge is -2.36. The largest absolute Gasteiger partial charge is 0.496 e. The molecular formula is C21H26ClN3O2. The van der Waals surface area contributed by atoms with Crippen molar-refractivity contribution in [3.8, 4) is 5.75 Å². The van der Waals surface area contributed by atoms with Gasteiger partial charge in [-0.3, -0.25) is 9.69 Å². The van der Waals surface area contributed by atoms with Crippen molar-refractivity contribution in [1.82, 2.24) is 10.2 Å². The van der Waals surface area contributed by atoms with E-state index in [9.17, 15) is 4.79 Å². The maximum atomic E-state index is 12.2. The van der Waals surface area contributed by atoms with E-state index in [1.54, 1.807) is 7.11 Å². The summed E-state index contributed by atoms with van der Waals surface area (Å²) in [6, 6.07) is 15.7. The molecule has 0 bridgehead atoms. The van der Waals surface area contributed by atoms with Gasteiger partial charge in [-0.2, -0.15) is 0 Å². The van der Waals surface area contributed by atoms with E-state index in [-0.39, 0.29) is 5.91 Å². The molecule has 0 atom stereocenters. The highest BCUT2D eigenvalue weighted by molar-refractivity contribution is 6.30. The minimum absolute atomic E-state index is 0.0678. The first-order chi connectivity index (χ1) is 13.2. The number of amides is 1. The van der Waals surface area contributed by atoms with E-state index < -0.39 is 0 Å². The smallest absolute Gasteiger partial charge is 0.221 e. The van der Waals surface area contributed by atoms with Crippen molar-refractivity contribution in [3.05, 3.63) is 59.1 Å². The Bertz CT molecular complexity index is 761. The van der Waals surface area contributed by atoms with Gasteiger partial charge in [-0.1, -0.05) is 35.9 Å². The highest BCUT2D eigenvalue weighted by Gasteiger charge is 2.18. The monoisotopic (exact) mass is 387 g/mol. The van der Waals surface area contributed by atoms with Gasteiger partial charge < -0.3 is 15.0 Å². The molecule has 1 amide bonds. The predicted octanol–water partition coefficient (Wildman–Crippen LogP) is 3.18. The molecule has 0 spiro atoms. The fourth-order valence-corrected chi connectivity index (χ4v) is 3.48. The third-order valence-electron chi connectivity index (χ3n) is 4.87. The molecule has 0 radical (unpaired) electrons. The molecule has 1 aliphatic rings. The summed E-state index contributed by atoms with van der Waals surface area (Å²) in [5, 5.41) is 3.75. The van der Waals surface area contributed by atoms with Crippen molar-refractivity contribution >= 4 is 23.2 Å². The van der Waals surface area contributed by atoms with Crippen LogP contribution in [0.25, 0.3) is 0 Å². The Morgan fingerprint density at radius 1 is 1.11 bits per heavy atom. The van der Waals surface area contributed by atoms with Gasteiger partial charge in [0.25, 0.3) is 0 Å². The highest BCUT2D eigenvalue weighted by Crippen LogP contribution is 2.21. The summed E-state index contributed by atoms with van der Waals surface area (Å²) >= 11 is 6.08. The molecule has 1 N–H and O–H groups in total. The molecule has 27 heavy (non-hydrogen) atoms. The molecule has 144 valence electrons. The van der Waals surface area contributed by atoms with Gasteiger partial charge in [0.05, 0.1) is 7.11 Å². The number of carbonyl (C=O) groups is 1. The van der Waals surface area contributed by atoms with Crippen LogP contribution < -0.4 is 15.0 Å². The fourth-order valence-electron chi connectivity index (χ4n) is 3.29. The minimum Gasteiger partial charge on any atom is -0.496 e. The Balaban J connectivity index is 1.39. The van der Waals surface area contributed by atoms with Gasteiger partial charge in [-0.25, -0.2) is 0 Å². The number of hydrogen-bond acceptors (Lipinski definition) is 4. The number of para-hydroxylation sites is 1. The highest BCUT2D eigenvalue weighted by atomic mass is 35.5. The van der Waals surface area contributed by atoms with Gasteiger partial charge in [0.2, 0.25) is 5.91 Å². The molecule has 3 rings (SSSR count). The number of methoxy groups -OCH3 is 1. The molecule has 1 heterocycles. The molecule has 5 nitrogen and oxygen atoms in total. The number of hydrogen-bond donors (Lipinski definition) is 1. The van der Waals surface area contributed by atoms with Gasteiger partial charge >= 0.3 is 0 Å². The van der Waals surface area contributed by atoms with Gasteiger partial charge in [0, 0.05) is 62.0 Å². The Hall–Kier alpha value is -2.24. The maximum Gasteiger partial charge on any atom is 0.221 e. The van der Waals surface area contributed by atoms with E-state index in [0.29, 0.717) is 13.0 Å². The Kier molecular flexibility index (Phi) is 6.96. The van der Waals surface area contributed by atoms with Gasteiger partial charge in [0.15, 0.2) is 0 Å². The Labute approximate surface area is 165 Å². The molecule has 1 aliphatic heterocycles. The average Bonchev–Trinajstić information content (AvgIpc) is 2.71. The van der Waals surface area contributed by atoms with Crippen molar-refractivity contribution in [2.24, 2.45) is 0 Å². The van der Waals surface area contributed by atoms with Crippen LogP contribution in [-0.2, 0) is 11.3 Å². The summed E-state index contributed by atoms with van der Waals surface area (Å²) < 4.78 is 5.31. The normalized spacial score (nSPS) is 14.8. The van der Waals surface area contributed by atoms with E-state index >= 15 is 0 Å². The van der Waals surface area contributed by atoms with Crippen molar-refractivity contribution in [3.63, 3.8) is 0 Å². The number of piperazine rings is 1. The number of rotatable bonds is 7. The molecule has 2 aromatic carbocycles. The number of benzene rings is 2. The number of anilines is 1. The average molecular weight is 388 g/mol. The molecule has 0 aromatic heterocycles. The van der Waals surface area contributed by atoms with Crippen LogP contribution in [0.2, 0.25) is 5.02 Å². The summed E-state index contributed by atoms with van der Waals surface area (Å²) in [4.78, 5) is 16.9. The zero-order valence-corrected chi connectivity index (χ0v) is 16.4. The molecular weight excluding hydrogens is 362 g/mol. The van der Waals surface area contributed by atoms with Crippen LogP contribution in [0.4, 0.5) is 5.69 Å². The lowest BCUT2D eigenvalue weighted by molar-refractivity contribution is -0.121. The number of carbonyl (C=O) groups excluding carboxylic acids is 1. The summed E-state index contributed by atoms with van der Waals surface area (Å²) in [6.07, 6.45) is 0.506. The quantitative estimate of drug-likeness (QED) is 0.792. The van der Waals surface area contributed by atoms with E-state index in [1.807, 2.05) is 42.5 Å². The molecule has 6 heteroatoms. The number of ether oxygens (including phenoxy) is 1. The SMILES string of the molecule is COc1ccccc1CNC(=O)CCN1CCN(c2cccc(Cl)c2)CC1. The minimum atomic E-state index is 0.0678. The van der Waals surface area contributed by atoms with Crippen LogP contribution in [-0.4, -0.2) is 50.6 Å². The van der Waals surface area contributed by atoms with Crippen molar-refractivity contribution in [2.75, 3.05) is 44.7 Å². The van der Waals surface area contributed by atoms with Crippen LogP contribution in [0.15, 0.2) is 48.5 Å². The molecule has 0 unspecified atom stereocenters.